The van der Waals surface area contributed by atoms with Gasteiger partial charge in [0.2, 0.25) is 0 Å². The molecule has 3 nitrogen and oxygen atoms in total. The van der Waals surface area contributed by atoms with Gasteiger partial charge in [-0.15, -0.1) is 0 Å². The lowest BCUT2D eigenvalue weighted by Crippen LogP contribution is -2.35. The molecule has 1 N–H and O–H groups in total. The molecule has 3 atom stereocenters. The molecular weight excluding hydrogens is 238 g/mol. The molecule has 0 aliphatic carbocycles. The van der Waals surface area contributed by atoms with Crippen molar-refractivity contribution in [2.45, 2.75) is 65.8 Å². The summed E-state index contributed by atoms with van der Waals surface area (Å²) in [6.07, 6.45) is 6.47. The van der Waals surface area contributed by atoms with Gasteiger partial charge in [-0.3, -0.25) is 0 Å². The lowest BCUT2D eigenvalue weighted by molar-refractivity contribution is -0.111. The van der Waals surface area contributed by atoms with Crippen molar-refractivity contribution >= 4 is 6.29 Å². The van der Waals surface area contributed by atoms with Gasteiger partial charge in [0.1, 0.15) is 6.29 Å². The van der Waals surface area contributed by atoms with Gasteiger partial charge >= 0.3 is 0 Å². The molecule has 0 saturated carbocycles. The number of ether oxygens (including phenoxy) is 1. The van der Waals surface area contributed by atoms with Crippen molar-refractivity contribution in [1.29, 1.82) is 0 Å². The number of nitrogens with one attached hydrogen (secondary N) is 1. The molecule has 0 aromatic carbocycles. The van der Waals surface area contributed by atoms with Crippen LogP contribution in [0, 0.1) is 11.8 Å². The summed E-state index contributed by atoms with van der Waals surface area (Å²) < 4.78 is 5.65. The maximum Gasteiger partial charge on any atom is 0.123 e. The van der Waals surface area contributed by atoms with E-state index in [0.29, 0.717) is 12.0 Å². The zero-order valence-corrected chi connectivity index (χ0v) is 13.3. The van der Waals surface area contributed by atoms with Gasteiger partial charge in [0.05, 0.1) is 6.61 Å². The lowest BCUT2D eigenvalue weighted by Gasteiger charge is -2.21. The number of carbonyl (C=O) groups excluding carboxylic acids is 1. The van der Waals surface area contributed by atoms with Crippen molar-refractivity contribution in [3.05, 3.63) is 0 Å². The highest BCUT2D eigenvalue weighted by atomic mass is 16.5. The van der Waals surface area contributed by atoms with Gasteiger partial charge in [-0.05, 0) is 45.1 Å². The summed E-state index contributed by atoms with van der Waals surface area (Å²) >= 11 is 0. The van der Waals surface area contributed by atoms with Crippen molar-refractivity contribution in [3.63, 3.8) is 0 Å². The number of unbranched alkanes of at least 4 members (excludes halogenated alkanes) is 1. The predicted molar refractivity (Wildman–Crippen MR) is 81.4 cm³/mol. The molecular formula is C16H33NO2. The Labute approximate surface area is 119 Å². The summed E-state index contributed by atoms with van der Waals surface area (Å²) in [5.41, 5.74) is 0. The first kappa shape index (κ1) is 18.6. The van der Waals surface area contributed by atoms with Gasteiger partial charge in [-0.2, -0.15) is 0 Å². The number of carbonyl (C=O) groups is 1. The SMILES string of the molecule is CCCCOCC(C)C(C)NCCCC(C=O)CC. The average molecular weight is 271 g/mol. The van der Waals surface area contributed by atoms with Crippen LogP contribution in [0.5, 0.6) is 0 Å². The fourth-order valence-corrected chi connectivity index (χ4v) is 1.92. The molecule has 0 aromatic heterocycles. The zero-order chi connectivity index (χ0) is 14.5. The first-order valence-electron chi connectivity index (χ1n) is 7.92. The second-order valence-corrected chi connectivity index (χ2v) is 5.60. The van der Waals surface area contributed by atoms with E-state index in [2.05, 4.69) is 33.0 Å². The van der Waals surface area contributed by atoms with Crippen LogP contribution in [0.2, 0.25) is 0 Å². The van der Waals surface area contributed by atoms with E-state index in [4.69, 9.17) is 4.74 Å². The number of rotatable bonds is 13. The van der Waals surface area contributed by atoms with Crippen LogP contribution in [0.25, 0.3) is 0 Å². The fraction of sp³-hybridized carbons (Fsp3) is 0.938. The first-order chi connectivity index (χ1) is 9.15. The van der Waals surface area contributed by atoms with E-state index in [1.54, 1.807) is 0 Å². The summed E-state index contributed by atoms with van der Waals surface area (Å²) in [6.45, 7) is 11.4. The Balaban J connectivity index is 3.55. The first-order valence-corrected chi connectivity index (χ1v) is 7.92. The molecule has 3 unspecified atom stereocenters. The summed E-state index contributed by atoms with van der Waals surface area (Å²) in [6, 6.07) is 0.470. The van der Waals surface area contributed by atoms with E-state index in [1.807, 2.05) is 0 Å². The van der Waals surface area contributed by atoms with Crippen molar-refractivity contribution in [2.75, 3.05) is 19.8 Å². The van der Waals surface area contributed by atoms with Gasteiger partial charge in [0.25, 0.3) is 0 Å². The Bertz CT molecular complexity index is 209. The molecule has 0 amide bonds. The topological polar surface area (TPSA) is 38.3 Å². The number of hydrogen-bond donors (Lipinski definition) is 1. The van der Waals surface area contributed by atoms with Gasteiger partial charge < -0.3 is 14.8 Å². The normalized spacial score (nSPS) is 16.0. The molecule has 0 heterocycles. The standard InChI is InChI=1S/C16H33NO2/c1-5-7-11-19-13-14(3)15(4)17-10-8-9-16(6-2)12-18/h12,14-17H,5-11,13H2,1-4H3. The molecule has 0 fully saturated rings. The minimum atomic E-state index is 0.243. The summed E-state index contributed by atoms with van der Waals surface area (Å²) in [7, 11) is 0. The van der Waals surface area contributed by atoms with Crippen molar-refractivity contribution in [2.24, 2.45) is 11.8 Å². The van der Waals surface area contributed by atoms with Gasteiger partial charge in [0.15, 0.2) is 0 Å². The van der Waals surface area contributed by atoms with Crippen LogP contribution >= 0.6 is 0 Å². The molecule has 114 valence electrons. The Morgan fingerprint density at radius 1 is 1.21 bits per heavy atom. The van der Waals surface area contributed by atoms with E-state index in [9.17, 15) is 4.79 Å². The number of aldehydes is 1. The molecule has 19 heavy (non-hydrogen) atoms. The molecule has 0 spiro atoms. The molecule has 0 aliphatic rings. The van der Waals surface area contributed by atoms with E-state index in [0.717, 1.165) is 51.7 Å². The lowest BCUT2D eigenvalue weighted by atomic mass is 10.0. The molecule has 0 bridgehead atoms. The second kappa shape index (κ2) is 12.6. The van der Waals surface area contributed by atoms with Gasteiger partial charge in [-0.25, -0.2) is 0 Å². The smallest absolute Gasteiger partial charge is 0.123 e. The third-order valence-corrected chi connectivity index (χ3v) is 3.81. The highest BCUT2D eigenvalue weighted by Crippen LogP contribution is 2.08. The zero-order valence-electron chi connectivity index (χ0n) is 13.3. The average Bonchev–Trinajstić information content (AvgIpc) is 2.43. The Morgan fingerprint density at radius 3 is 2.53 bits per heavy atom. The van der Waals surface area contributed by atoms with E-state index < -0.39 is 0 Å². The summed E-state index contributed by atoms with van der Waals surface area (Å²) in [5.74, 6) is 0.775. The Morgan fingerprint density at radius 2 is 1.95 bits per heavy atom. The predicted octanol–water partition coefficient (Wildman–Crippen LogP) is 3.42. The minimum absolute atomic E-state index is 0.243. The Kier molecular flexibility index (Phi) is 12.3. The van der Waals surface area contributed by atoms with Crippen LogP contribution < -0.4 is 5.32 Å². The third kappa shape index (κ3) is 10.1. The molecule has 0 saturated heterocycles. The minimum Gasteiger partial charge on any atom is -0.381 e. The highest BCUT2D eigenvalue weighted by Gasteiger charge is 2.11. The summed E-state index contributed by atoms with van der Waals surface area (Å²) in [5, 5.41) is 3.53. The van der Waals surface area contributed by atoms with Crippen LogP contribution in [-0.4, -0.2) is 32.1 Å². The molecule has 0 radical (unpaired) electrons. The van der Waals surface area contributed by atoms with E-state index in [1.165, 1.54) is 6.42 Å². The quantitative estimate of drug-likeness (QED) is 0.412. The van der Waals surface area contributed by atoms with Crippen LogP contribution in [0.15, 0.2) is 0 Å². The summed E-state index contributed by atoms with van der Waals surface area (Å²) in [4.78, 5) is 10.7. The number of hydrogen-bond acceptors (Lipinski definition) is 3. The largest absolute Gasteiger partial charge is 0.381 e. The molecule has 0 aliphatic heterocycles. The van der Waals surface area contributed by atoms with Crippen molar-refractivity contribution in [1.82, 2.24) is 5.32 Å². The van der Waals surface area contributed by atoms with Crippen LogP contribution in [0.3, 0.4) is 0 Å². The van der Waals surface area contributed by atoms with Crippen LogP contribution in [-0.2, 0) is 9.53 Å². The maximum absolute atomic E-state index is 10.7. The van der Waals surface area contributed by atoms with E-state index in [-0.39, 0.29) is 5.92 Å². The van der Waals surface area contributed by atoms with E-state index >= 15 is 0 Å². The van der Waals surface area contributed by atoms with Crippen LogP contribution in [0.4, 0.5) is 0 Å². The van der Waals surface area contributed by atoms with Crippen molar-refractivity contribution < 1.29 is 9.53 Å². The maximum atomic E-state index is 10.7. The van der Waals surface area contributed by atoms with Crippen molar-refractivity contribution in [3.8, 4) is 0 Å². The molecule has 0 aromatic rings. The van der Waals surface area contributed by atoms with Gasteiger partial charge in [0, 0.05) is 18.6 Å². The second-order valence-electron chi connectivity index (χ2n) is 5.60. The molecule has 0 rings (SSSR count). The fourth-order valence-electron chi connectivity index (χ4n) is 1.92. The Hall–Kier alpha value is -0.410. The third-order valence-electron chi connectivity index (χ3n) is 3.81. The highest BCUT2D eigenvalue weighted by molar-refractivity contribution is 5.53. The van der Waals surface area contributed by atoms with Gasteiger partial charge in [-0.1, -0.05) is 27.2 Å². The van der Waals surface area contributed by atoms with Crippen LogP contribution in [0.1, 0.15) is 59.8 Å². The molecule has 3 heteroatoms. The monoisotopic (exact) mass is 271 g/mol.